The van der Waals surface area contributed by atoms with Crippen LogP contribution in [0.25, 0.3) is 10.8 Å². The molecule has 1 heterocycles. The predicted octanol–water partition coefficient (Wildman–Crippen LogP) is 4.26. The highest BCUT2D eigenvalue weighted by molar-refractivity contribution is 5.93. The third-order valence-electron chi connectivity index (χ3n) is 5.47. The van der Waals surface area contributed by atoms with E-state index in [1.54, 1.807) is 0 Å². The second kappa shape index (κ2) is 14.7. The molecule has 0 saturated carbocycles. The molecule has 0 N–H and O–H groups in total. The number of benzene rings is 3. The van der Waals surface area contributed by atoms with Crippen molar-refractivity contribution >= 4 is 10.8 Å². The third-order valence-corrected chi connectivity index (χ3v) is 5.47. The molecule has 1 aliphatic heterocycles. The van der Waals surface area contributed by atoms with Crippen LogP contribution in [0.1, 0.15) is 5.56 Å². The third kappa shape index (κ3) is 8.49. The molecule has 0 fully saturated rings. The van der Waals surface area contributed by atoms with Crippen LogP contribution >= 0.6 is 0 Å². The van der Waals surface area contributed by atoms with E-state index >= 15 is 0 Å². The van der Waals surface area contributed by atoms with Crippen molar-refractivity contribution in [3.63, 3.8) is 0 Å². The average Bonchev–Trinajstić information content (AvgIpc) is 2.89. The second-order valence-corrected chi connectivity index (χ2v) is 8.10. The summed E-state index contributed by atoms with van der Waals surface area (Å²) in [5, 5.41) is 2.02. The molecule has 1 unspecified atom stereocenters. The minimum absolute atomic E-state index is 0.184. The van der Waals surface area contributed by atoms with Gasteiger partial charge in [-0.3, -0.25) is 0 Å². The van der Waals surface area contributed by atoms with Crippen LogP contribution in [0.3, 0.4) is 0 Å². The summed E-state index contributed by atoms with van der Waals surface area (Å²) < 4.78 is 41.0. The van der Waals surface area contributed by atoms with Crippen molar-refractivity contribution in [2.24, 2.45) is 0 Å². The molecule has 0 amide bonds. The molecule has 188 valence electrons. The van der Waals surface area contributed by atoms with Gasteiger partial charge in [0.2, 0.25) is 0 Å². The SMILES string of the molecule is c1ccc(COCC2COCCOCCOc3cccc4cccc(c34)OCCOCCO2)cc1. The normalized spacial score (nSPS) is 19.0. The monoisotopic (exact) mass is 482 g/mol. The molecule has 1 atom stereocenters. The molecule has 0 aromatic heterocycles. The van der Waals surface area contributed by atoms with E-state index < -0.39 is 0 Å². The van der Waals surface area contributed by atoms with Crippen LogP contribution in [0, 0.1) is 0 Å². The van der Waals surface area contributed by atoms with Gasteiger partial charge in [0.05, 0.1) is 64.8 Å². The molecule has 0 radical (unpaired) electrons. The Labute approximate surface area is 206 Å². The summed E-state index contributed by atoms with van der Waals surface area (Å²) in [4.78, 5) is 0. The second-order valence-electron chi connectivity index (χ2n) is 8.10. The van der Waals surface area contributed by atoms with Gasteiger partial charge in [-0.15, -0.1) is 0 Å². The zero-order valence-electron chi connectivity index (χ0n) is 20.1. The van der Waals surface area contributed by atoms with Crippen LogP contribution in [0.2, 0.25) is 0 Å². The van der Waals surface area contributed by atoms with Crippen molar-refractivity contribution < 1.29 is 33.2 Å². The van der Waals surface area contributed by atoms with E-state index in [1.807, 2.05) is 66.7 Å². The van der Waals surface area contributed by atoms with Crippen molar-refractivity contribution in [1.82, 2.24) is 0 Å². The number of hydrogen-bond acceptors (Lipinski definition) is 7. The Morgan fingerprint density at radius 2 is 1.26 bits per heavy atom. The fraction of sp³-hybridized carbons (Fsp3) is 0.429. The van der Waals surface area contributed by atoms with Crippen LogP contribution in [0.15, 0.2) is 66.7 Å². The summed E-state index contributed by atoms with van der Waals surface area (Å²) in [5.74, 6) is 1.56. The molecule has 7 heteroatoms. The molecule has 3 aromatic carbocycles. The summed E-state index contributed by atoms with van der Waals surface area (Å²) in [6.07, 6.45) is -0.184. The van der Waals surface area contributed by atoms with Crippen molar-refractivity contribution in [3.8, 4) is 11.5 Å². The molecule has 0 aliphatic carbocycles. The zero-order valence-corrected chi connectivity index (χ0v) is 20.1. The molecule has 35 heavy (non-hydrogen) atoms. The number of ether oxygens (including phenoxy) is 7. The van der Waals surface area contributed by atoms with E-state index in [4.69, 9.17) is 33.2 Å². The summed E-state index contributed by atoms with van der Waals surface area (Å²) in [6, 6.07) is 22.0. The molecular weight excluding hydrogens is 448 g/mol. The molecule has 7 nitrogen and oxygen atoms in total. The van der Waals surface area contributed by atoms with Gasteiger partial charge < -0.3 is 33.2 Å². The largest absolute Gasteiger partial charge is 0.490 e. The number of hydrogen-bond donors (Lipinski definition) is 0. The van der Waals surface area contributed by atoms with E-state index in [2.05, 4.69) is 0 Å². The predicted molar refractivity (Wildman–Crippen MR) is 133 cm³/mol. The van der Waals surface area contributed by atoms with E-state index in [1.165, 1.54) is 0 Å². The molecule has 4 rings (SSSR count). The smallest absolute Gasteiger partial charge is 0.130 e. The first-order valence-electron chi connectivity index (χ1n) is 12.1. The van der Waals surface area contributed by atoms with Gasteiger partial charge in [-0.05, 0) is 23.1 Å². The van der Waals surface area contributed by atoms with Crippen LogP contribution < -0.4 is 9.47 Å². The lowest BCUT2D eigenvalue weighted by atomic mass is 10.1. The van der Waals surface area contributed by atoms with E-state index in [0.717, 1.165) is 27.8 Å². The van der Waals surface area contributed by atoms with Crippen molar-refractivity contribution in [1.29, 1.82) is 0 Å². The number of rotatable bonds is 4. The Morgan fingerprint density at radius 3 is 1.97 bits per heavy atom. The Bertz CT molecular complexity index is 990. The summed E-state index contributed by atoms with van der Waals surface area (Å²) in [6.45, 7) is 5.07. The van der Waals surface area contributed by atoms with Crippen molar-refractivity contribution in [3.05, 3.63) is 72.3 Å². The van der Waals surface area contributed by atoms with Crippen molar-refractivity contribution in [2.45, 2.75) is 12.7 Å². The lowest BCUT2D eigenvalue weighted by molar-refractivity contribution is -0.0821. The maximum absolute atomic E-state index is 6.02. The highest BCUT2D eigenvalue weighted by atomic mass is 16.6. The zero-order chi connectivity index (χ0) is 24.0. The van der Waals surface area contributed by atoms with Gasteiger partial charge in [0.1, 0.15) is 30.8 Å². The van der Waals surface area contributed by atoms with Crippen LogP contribution in [-0.2, 0) is 30.3 Å². The summed E-state index contributed by atoms with van der Waals surface area (Å²) >= 11 is 0. The maximum atomic E-state index is 6.02. The van der Waals surface area contributed by atoms with Gasteiger partial charge in [-0.1, -0.05) is 54.6 Å². The average molecular weight is 483 g/mol. The van der Waals surface area contributed by atoms with Crippen LogP contribution in [0.4, 0.5) is 0 Å². The Hall–Kier alpha value is -2.68. The van der Waals surface area contributed by atoms with E-state index in [0.29, 0.717) is 72.7 Å². The molecule has 0 bridgehead atoms. The van der Waals surface area contributed by atoms with Gasteiger partial charge in [0.15, 0.2) is 0 Å². The highest BCUT2D eigenvalue weighted by Gasteiger charge is 2.12. The van der Waals surface area contributed by atoms with Crippen molar-refractivity contribution in [2.75, 3.05) is 66.1 Å². The topological polar surface area (TPSA) is 64.6 Å². The first-order valence-corrected chi connectivity index (χ1v) is 12.1. The van der Waals surface area contributed by atoms with Crippen LogP contribution in [0.5, 0.6) is 11.5 Å². The van der Waals surface area contributed by atoms with Crippen LogP contribution in [-0.4, -0.2) is 72.2 Å². The Balaban J connectivity index is 1.29. The minimum atomic E-state index is -0.184. The summed E-state index contributed by atoms with van der Waals surface area (Å²) in [7, 11) is 0. The maximum Gasteiger partial charge on any atom is 0.130 e. The standard InChI is InChI=1S/C28H34O7/c1-2-6-23(7-3-1)20-32-22-25-21-31-13-12-29-15-18-34-26-10-4-8-24-9-5-11-27(28(24)26)35-19-16-30-14-17-33-25/h1-11,25H,12-22H2. The van der Waals surface area contributed by atoms with Gasteiger partial charge >= 0.3 is 0 Å². The Morgan fingerprint density at radius 1 is 0.629 bits per heavy atom. The van der Waals surface area contributed by atoms with Gasteiger partial charge in [0, 0.05) is 0 Å². The quantitative estimate of drug-likeness (QED) is 0.551. The highest BCUT2D eigenvalue weighted by Crippen LogP contribution is 2.34. The lowest BCUT2D eigenvalue weighted by Crippen LogP contribution is -2.28. The van der Waals surface area contributed by atoms with Gasteiger partial charge in [-0.25, -0.2) is 0 Å². The lowest BCUT2D eigenvalue weighted by Gasteiger charge is -2.18. The fourth-order valence-electron chi connectivity index (χ4n) is 3.77. The molecule has 1 aliphatic rings. The molecule has 3 aromatic rings. The summed E-state index contributed by atoms with van der Waals surface area (Å²) in [5.41, 5.74) is 1.13. The minimum Gasteiger partial charge on any atom is -0.490 e. The fourth-order valence-corrected chi connectivity index (χ4v) is 3.77. The molecule has 0 saturated heterocycles. The Kier molecular flexibility index (Phi) is 10.6. The molecular formula is C28H34O7. The van der Waals surface area contributed by atoms with Gasteiger partial charge in [-0.2, -0.15) is 0 Å². The van der Waals surface area contributed by atoms with E-state index in [9.17, 15) is 0 Å². The first-order chi connectivity index (χ1) is 17.4. The first kappa shape index (κ1) is 25.4. The van der Waals surface area contributed by atoms with Gasteiger partial charge in [0.25, 0.3) is 0 Å². The van der Waals surface area contributed by atoms with E-state index in [-0.39, 0.29) is 6.10 Å². The molecule has 0 spiro atoms.